The van der Waals surface area contributed by atoms with E-state index in [1.807, 2.05) is 41.5 Å². The van der Waals surface area contributed by atoms with Crippen LogP contribution in [0.15, 0.2) is 48.5 Å². The van der Waals surface area contributed by atoms with Crippen molar-refractivity contribution in [1.29, 1.82) is 0 Å². The third-order valence-electron chi connectivity index (χ3n) is 5.66. The highest BCUT2D eigenvalue weighted by atomic mass is 16.5. The zero-order chi connectivity index (χ0) is 30.8. The minimum Gasteiger partial charge on any atom is -0.487 e. The van der Waals surface area contributed by atoms with Crippen molar-refractivity contribution in [3.63, 3.8) is 0 Å². The first-order valence-electron chi connectivity index (χ1n) is 13.0. The summed E-state index contributed by atoms with van der Waals surface area (Å²) >= 11 is 0. The van der Waals surface area contributed by atoms with Crippen LogP contribution in [0, 0.1) is 0 Å². The van der Waals surface area contributed by atoms with Crippen LogP contribution in [0.2, 0.25) is 0 Å². The quantitative estimate of drug-likeness (QED) is 0.112. The Morgan fingerprint density at radius 1 is 0.667 bits per heavy atom. The van der Waals surface area contributed by atoms with Crippen molar-refractivity contribution in [2.75, 3.05) is 10.6 Å². The second-order valence-corrected chi connectivity index (χ2v) is 11.4. The number of hydrazine groups is 2. The molecule has 4 rings (SSSR count). The van der Waals surface area contributed by atoms with E-state index in [-0.39, 0.29) is 11.4 Å². The number of anilines is 2. The monoisotopic (exact) mass is 574 g/mol. The molecule has 0 atom stereocenters. The number of nitrogens with two attached hydrogens (primary N) is 2. The van der Waals surface area contributed by atoms with E-state index in [0.717, 1.165) is 0 Å². The summed E-state index contributed by atoms with van der Waals surface area (Å²) in [6.07, 6.45) is 0. The van der Waals surface area contributed by atoms with E-state index in [1.54, 1.807) is 36.4 Å². The van der Waals surface area contributed by atoms with Crippen LogP contribution in [-0.2, 0) is 0 Å². The van der Waals surface area contributed by atoms with Crippen molar-refractivity contribution in [3.05, 3.63) is 59.9 Å². The Bertz CT molecular complexity index is 1570. The predicted molar refractivity (Wildman–Crippen MR) is 160 cm³/mol. The Hall–Kier alpha value is -5.01. The lowest BCUT2D eigenvalue weighted by Crippen LogP contribution is -2.31. The fourth-order valence-electron chi connectivity index (χ4n) is 4.12. The molecule has 2 aromatic carbocycles. The fourth-order valence-corrected chi connectivity index (χ4v) is 4.12. The Morgan fingerprint density at radius 2 is 1.05 bits per heavy atom. The first kappa shape index (κ1) is 30.0. The highest BCUT2D eigenvalue weighted by molar-refractivity contribution is 6.10. The van der Waals surface area contributed by atoms with Crippen molar-refractivity contribution in [3.8, 4) is 11.5 Å². The summed E-state index contributed by atoms with van der Waals surface area (Å²) in [5.41, 5.74) is 4.24. The molecule has 13 heteroatoms. The van der Waals surface area contributed by atoms with Gasteiger partial charge < -0.3 is 20.1 Å². The highest BCUT2D eigenvalue weighted by Crippen LogP contribution is 2.34. The largest absolute Gasteiger partial charge is 0.487 e. The number of amides is 4. The number of benzene rings is 2. The minimum absolute atomic E-state index is 0.00856. The van der Waals surface area contributed by atoms with Crippen LogP contribution in [0.5, 0.6) is 11.5 Å². The molecule has 0 unspecified atom stereocenters. The molecule has 42 heavy (non-hydrogen) atoms. The summed E-state index contributed by atoms with van der Waals surface area (Å²) in [4.78, 5) is 46.9. The lowest BCUT2D eigenvalue weighted by Gasteiger charge is -2.23. The molecule has 0 spiro atoms. The zero-order valence-corrected chi connectivity index (χ0v) is 24.2. The van der Waals surface area contributed by atoms with Gasteiger partial charge in [-0.3, -0.25) is 20.4 Å². The number of carbonyl (C=O) groups excluding carboxylic acids is 3. The van der Waals surface area contributed by atoms with Gasteiger partial charge in [0, 0.05) is 22.9 Å². The van der Waals surface area contributed by atoms with Crippen molar-refractivity contribution in [1.82, 2.24) is 20.8 Å². The Labute approximate surface area is 242 Å². The summed E-state index contributed by atoms with van der Waals surface area (Å²) < 4.78 is 12.2. The van der Waals surface area contributed by atoms with E-state index in [4.69, 9.17) is 21.2 Å². The van der Waals surface area contributed by atoms with Crippen LogP contribution in [0.25, 0.3) is 21.8 Å². The van der Waals surface area contributed by atoms with E-state index in [0.29, 0.717) is 44.7 Å². The molecule has 2 heterocycles. The number of hydrogen-bond donors (Lipinski definition) is 6. The van der Waals surface area contributed by atoms with Gasteiger partial charge in [0.25, 0.3) is 11.8 Å². The van der Waals surface area contributed by atoms with Gasteiger partial charge in [0.05, 0.1) is 22.4 Å². The molecule has 0 fully saturated rings. The second-order valence-electron chi connectivity index (χ2n) is 11.4. The molecule has 0 bridgehead atoms. The number of hydrogen-bond acceptors (Lipinski definition) is 9. The summed E-state index contributed by atoms with van der Waals surface area (Å²) in [5.74, 6) is 10.2. The number of fused-ring (bicyclic) bond motifs is 2. The van der Waals surface area contributed by atoms with Gasteiger partial charge in [-0.25, -0.2) is 26.4 Å². The SMILES string of the molecule is CC(C)(C)Oc1cc(C(=O)NN)nc2c(NC(=O)Nc3cccc4c(OC(C)(C)C)cc(C(=O)NN)nc34)cccc12. The summed E-state index contributed by atoms with van der Waals surface area (Å²) in [6, 6.07) is 12.6. The number of carbonyl (C=O) groups is 3. The van der Waals surface area contributed by atoms with Gasteiger partial charge in [-0.05, 0) is 65.8 Å². The molecule has 0 aliphatic carbocycles. The van der Waals surface area contributed by atoms with Crippen LogP contribution in [0.3, 0.4) is 0 Å². The van der Waals surface area contributed by atoms with Gasteiger partial charge in [-0.2, -0.15) is 0 Å². The molecule has 220 valence electrons. The number of pyridine rings is 2. The summed E-state index contributed by atoms with van der Waals surface area (Å²) in [5, 5.41) is 6.72. The average Bonchev–Trinajstić information content (AvgIpc) is 2.91. The van der Waals surface area contributed by atoms with Crippen LogP contribution >= 0.6 is 0 Å². The molecule has 13 nitrogen and oxygen atoms in total. The normalized spacial score (nSPS) is 11.6. The van der Waals surface area contributed by atoms with Crippen molar-refractivity contribution >= 4 is 51.0 Å². The standard InChI is InChI=1S/C29H34N8O5/c1-28(2,3)41-21-13-19(25(38)36-30)32-23-15(21)9-7-11-17(23)34-27(40)35-18-12-8-10-16-22(42-29(4,5)6)14-20(26(39)37-31)33-24(16)18/h7-14H,30-31H2,1-6H3,(H,36,38)(H,37,39)(H2,34,35,40). The lowest BCUT2D eigenvalue weighted by atomic mass is 10.1. The maximum absolute atomic E-state index is 13.3. The van der Waals surface area contributed by atoms with E-state index >= 15 is 0 Å². The highest BCUT2D eigenvalue weighted by Gasteiger charge is 2.22. The van der Waals surface area contributed by atoms with Crippen molar-refractivity contribution < 1.29 is 23.9 Å². The van der Waals surface area contributed by atoms with Crippen molar-refractivity contribution in [2.45, 2.75) is 52.7 Å². The Balaban J connectivity index is 1.75. The van der Waals surface area contributed by atoms with Gasteiger partial charge in [0.2, 0.25) is 0 Å². The number of nitrogens with zero attached hydrogens (tertiary/aromatic N) is 2. The van der Waals surface area contributed by atoms with E-state index in [2.05, 4.69) is 31.5 Å². The molecule has 8 N–H and O–H groups in total. The van der Waals surface area contributed by atoms with Crippen LogP contribution in [0.4, 0.5) is 16.2 Å². The van der Waals surface area contributed by atoms with Crippen LogP contribution in [-0.4, -0.2) is 39.0 Å². The Kier molecular flexibility index (Phi) is 8.18. The molecule has 0 aliphatic rings. The zero-order valence-electron chi connectivity index (χ0n) is 24.2. The van der Waals surface area contributed by atoms with E-state index in [9.17, 15) is 14.4 Å². The van der Waals surface area contributed by atoms with Gasteiger partial charge in [-0.15, -0.1) is 0 Å². The molecule has 0 aliphatic heterocycles. The third kappa shape index (κ3) is 6.82. The second kappa shape index (κ2) is 11.5. The van der Waals surface area contributed by atoms with Gasteiger partial charge in [-0.1, -0.05) is 12.1 Å². The van der Waals surface area contributed by atoms with E-state index < -0.39 is 29.0 Å². The molecule has 0 saturated heterocycles. The number of ether oxygens (including phenoxy) is 2. The molecule has 4 amide bonds. The lowest BCUT2D eigenvalue weighted by molar-refractivity contribution is 0.0939. The molecular formula is C29H34N8O5. The third-order valence-corrected chi connectivity index (χ3v) is 5.66. The smallest absolute Gasteiger partial charge is 0.323 e. The number of urea groups is 1. The fraction of sp³-hybridized carbons (Fsp3) is 0.276. The molecule has 0 saturated carbocycles. The topological polar surface area (TPSA) is 196 Å². The first-order chi connectivity index (χ1) is 19.7. The van der Waals surface area contributed by atoms with Gasteiger partial charge in [0.15, 0.2) is 0 Å². The summed E-state index contributed by atoms with van der Waals surface area (Å²) in [7, 11) is 0. The Morgan fingerprint density at radius 3 is 1.38 bits per heavy atom. The summed E-state index contributed by atoms with van der Waals surface area (Å²) in [6.45, 7) is 11.2. The maximum Gasteiger partial charge on any atom is 0.323 e. The first-order valence-corrected chi connectivity index (χ1v) is 13.0. The van der Waals surface area contributed by atoms with E-state index in [1.165, 1.54) is 12.1 Å². The minimum atomic E-state index is -0.627. The number of rotatable bonds is 6. The molecule has 4 aromatic rings. The van der Waals surface area contributed by atoms with Gasteiger partial charge >= 0.3 is 6.03 Å². The molecular weight excluding hydrogens is 540 g/mol. The van der Waals surface area contributed by atoms with Crippen LogP contribution in [0.1, 0.15) is 62.5 Å². The van der Waals surface area contributed by atoms with Crippen LogP contribution < -0.4 is 42.6 Å². The molecule has 0 radical (unpaired) electrons. The number of nitrogen functional groups attached to an aromatic ring is 2. The average molecular weight is 575 g/mol. The predicted octanol–water partition coefficient (Wildman–Crippen LogP) is 3.99. The number of para-hydroxylation sites is 2. The van der Waals surface area contributed by atoms with Crippen molar-refractivity contribution in [2.24, 2.45) is 11.7 Å². The number of nitrogens with one attached hydrogen (secondary N) is 4. The maximum atomic E-state index is 13.3. The number of aromatic nitrogens is 2. The molecule has 2 aromatic heterocycles. The van der Waals surface area contributed by atoms with Gasteiger partial charge in [0.1, 0.15) is 34.1 Å².